The number of nitrogens with one attached hydrogen (secondary N) is 1. The molecule has 146 valence electrons. The average Bonchev–Trinajstić information content (AvgIpc) is 2.76. The summed E-state index contributed by atoms with van der Waals surface area (Å²) < 4.78 is 19.2. The Kier molecular flexibility index (Phi) is 6.33. The van der Waals surface area contributed by atoms with Crippen molar-refractivity contribution in [1.29, 1.82) is 5.26 Å². The second kappa shape index (κ2) is 9.09. The molecule has 1 aliphatic rings. The lowest BCUT2D eigenvalue weighted by molar-refractivity contribution is 0.372. The van der Waals surface area contributed by atoms with Crippen LogP contribution in [0.2, 0.25) is 0 Å². The lowest BCUT2D eigenvalue weighted by Gasteiger charge is -2.37. The van der Waals surface area contributed by atoms with Gasteiger partial charge in [0.1, 0.15) is 11.6 Å². The van der Waals surface area contributed by atoms with Gasteiger partial charge in [-0.15, -0.1) is 0 Å². The van der Waals surface area contributed by atoms with Crippen LogP contribution in [-0.2, 0) is 6.54 Å². The number of nitrogens with zero attached hydrogens (tertiary/aromatic N) is 4. The number of halogens is 1. The van der Waals surface area contributed by atoms with Crippen LogP contribution in [0.4, 0.5) is 10.1 Å². The van der Waals surface area contributed by atoms with Gasteiger partial charge in [-0.25, -0.2) is 4.39 Å². The first-order chi connectivity index (χ1) is 13.6. The zero-order valence-electron chi connectivity index (χ0n) is 16.2. The minimum Gasteiger partial charge on any atom is -0.497 e. The van der Waals surface area contributed by atoms with Gasteiger partial charge in [-0.05, 0) is 42.5 Å². The number of anilines is 1. The summed E-state index contributed by atoms with van der Waals surface area (Å²) in [5.74, 6) is 1.25. The maximum Gasteiger partial charge on any atom is 0.194 e. The van der Waals surface area contributed by atoms with Crippen molar-refractivity contribution in [1.82, 2.24) is 10.2 Å². The Morgan fingerprint density at radius 2 is 1.89 bits per heavy atom. The minimum atomic E-state index is -0.328. The Morgan fingerprint density at radius 3 is 2.50 bits per heavy atom. The molecule has 6 nitrogen and oxygen atoms in total. The number of piperazine rings is 1. The Bertz CT molecular complexity index is 867. The highest BCUT2D eigenvalue weighted by Gasteiger charge is 2.20. The Balaban J connectivity index is 1.57. The number of rotatable bonds is 4. The van der Waals surface area contributed by atoms with Crippen molar-refractivity contribution in [3.8, 4) is 11.8 Å². The van der Waals surface area contributed by atoms with E-state index in [4.69, 9.17) is 10.00 Å². The van der Waals surface area contributed by atoms with Gasteiger partial charge in [0.05, 0.1) is 18.7 Å². The van der Waals surface area contributed by atoms with Crippen LogP contribution >= 0.6 is 0 Å². The van der Waals surface area contributed by atoms with Crippen LogP contribution in [0.15, 0.2) is 47.5 Å². The molecule has 0 amide bonds. The van der Waals surface area contributed by atoms with Crippen LogP contribution in [0.25, 0.3) is 0 Å². The highest BCUT2D eigenvalue weighted by atomic mass is 19.1. The number of nitriles is 1. The number of guanidine groups is 1. The fourth-order valence-corrected chi connectivity index (χ4v) is 3.26. The monoisotopic (exact) mass is 381 g/mol. The molecule has 2 aromatic carbocycles. The lowest BCUT2D eigenvalue weighted by atomic mass is 10.1. The first kappa shape index (κ1) is 19.5. The number of ether oxygens (including phenoxy) is 1. The molecule has 7 heteroatoms. The molecule has 1 N–H and O–H groups in total. The molecule has 3 rings (SSSR count). The summed E-state index contributed by atoms with van der Waals surface area (Å²) in [6.07, 6.45) is 0. The summed E-state index contributed by atoms with van der Waals surface area (Å²) in [5, 5.41) is 12.2. The van der Waals surface area contributed by atoms with Gasteiger partial charge < -0.3 is 19.9 Å². The molecule has 0 spiro atoms. The molecule has 0 atom stereocenters. The summed E-state index contributed by atoms with van der Waals surface area (Å²) in [7, 11) is 3.38. The minimum absolute atomic E-state index is 0.284. The predicted molar refractivity (Wildman–Crippen MR) is 108 cm³/mol. The van der Waals surface area contributed by atoms with E-state index >= 15 is 0 Å². The highest BCUT2D eigenvalue weighted by molar-refractivity contribution is 5.80. The van der Waals surface area contributed by atoms with Gasteiger partial charge in [0.2, 0.25) is 0 Å². The van der Waals surface area contributed by atoms with Crippen LogP contribution in [-0.4, -0.2) is 51.2 Å². The molecule has 0 radical (unpaired) electrons. The van der Waals surface area contributed by atoms with E-state index in [2.05, 4.69) is 32.2 Å². The number of methoxy groups -OCH3 is 1. The standard InChI is InChI=1S/C21H24FN5O/c1-24-21(25-15-17-13-16(14-23)3-8-20(17)22)27-11-9-26(10-12-27)18-4-6-19(28-2)7-5-18/h3-8,13H,9-12,15H2,1-2H3,(H,24,25). The van der Waals surface area contributed by atoms with Crippen molar-refractivity contribution in [2.24, 2.45) is 4.99 Å². The molecule has 0 unspecified atom stereocenters. The molecule has 1 heterocycles. The largest absolute Gasteiger partial charge is 0.497 e. The SMILES string of the molecule is CN=C(NCc1cc(C#N)ccc1F)N1CCN(c2ccc(OC)cc2)CC1. The highest BCUT2D eigenvalue weighted by Crippen LogP contribution is 2.20. The van der Waals surface area contributed by atoms with Crippen LogP contribution < -0.4 is 15.0 Å². The zero-order valence-corrected chi connectivity index (χ0v) is 16.2. The first-order valence-corrected chi connectivity index (χ1v) is 9.17. The Hall–Kier alpha value is -3.27. The van der Waals surface area contributed by atoms with Crippen molar-refractivity contribution in [3.05, 3.63) is 59.4 Å². The van der Waals surface area contributed by atoms with E-state index in [1.54, 1.807) is 20.2 Å². The molecule has 0 aromatic heterocycles. The molecule has 1 fully saturated rings. The molecular weight excluding hydrogens is 357 g/mol. The van der Waals surface area contributed by atoms with Gasteiger partial charge in [0.15, 0.2) is 5.96 Å². The summed E-state index contributed by atoms with van der Waals surface area (Å²) in [6.45, 7) is 3.64. The molecular formula is C21H24FN5O. The number of aliphatic imine (C=N–C) groups is 1. The predicted octanol–water partition coefficient (Wildman–Crippen LogP) is 2.60. The van der Waals surface area contributed by atoms with Crippen LogP contribution in [0.5, 0.6) is 5.75 Å². The summed E-state index contributed by atoms with van der Waals surface area (Å²) in [5.41, 5.74) is 2.07. The molecule has 0 bridgehead atoms. The van der Waals surface area contributed by atoms with E-state index in [1.165, 1.54) is 17.8 Å². The fourth-order valence-electron chi connectivity index (χ4n) is 3.26. The summed E-state index contributed by atoms with van der Waals surface area (Å²) in [4.78, 5) is 8.81. The number of hydrogen-bond acceptors (Lipinski definition) is 4. The molecule has 0 aliphatic carbocycles. The van der Waals surface area contributed by atoms with Crippen LogP contribution in [0.1, 0.15) is 11.1 Å². The van der Waals surface area contributed by atoms with E-state index in [9.17, 15) is 4.39 Å². The van der Waals surface area contributed by atoms with Gasteiger partial charge in [-0.1, -0.05) is 0 Å². The quantitative estimate of drug-likeness (QED) is 0.652. The first-order valence-electron chi connectivity index (χ1n) is 9.17. The van der Waals surface area contributed by atoms with E-state index in [0.29, 0.717) is 11.1 Å². The molecule has 0 saturated carbocycles. The maximum absolute atomic E-state index is 14.0. The van der Waals surface area contributed by atoms with Crippen molar-refractivity contribution >= 4 is 11.6 Å². The number of hydrogen-bond donors (Lipinski definition) is 1. The third-order valence-corrected chi connectivity index (χ3v) is 4.84. The maximum atomic E-state index is 14.0. The molecule has 1 aliphatic heterocycles. The summed E-state index contributed by atoms with van der Waals surface area (Å²) >= 11 is 0. The van der Waals surface area contributed by atoms with Crippen molar-refractivity contribution < 1.29 is 9.13 Å². The van der Waals surface area contributed by atoms with Crippen molar-refractivity contribution in [3.63, 3.8) is 0 Å². The molecule has 28 heavy (non-hydrogen) atoms. The van der Waals surface area contributed by atoms with Gasteiger partial charge in [-0.3, -0.25) is 4.99 Å². The lowest BCUT2D eigenvalue weighted by Crippen LogP contribution is -2.52. The second-order valence-corrected chi connectivity index (χ2v) is 6.49. The zero-order chi connectivity index (χ0) is 19.9. The third-order valence-electron chi connectivity index (χ3n) is 4.84. The van der Waals surface area contributed by atoms with E-state index < -0.39 is 0 Å². The Morgan fingerprint density at radius 1 is 1.18 bits per heavy atom. The van der Waals surface area contributed by atoms with Gasteiger partial charge in [-0.2, -0.15) is 5.26 Å². The van der Waals surface area contributed by atoms with Gasteiger partial charge in [0, 0.05) is 51.0 Å². The van der Waals surface area contributed by atoms with Gasteiger partial charge in [0.25, 0.3) is 0 Å². The second-order valence-electron chi connectivity index (χ2n) is 6.49. The fraction of sp³-hybridized carbons (Fsp3) is 0.333. The molecule has 1 saturated heterocycles. The Labute approximate surface area is 164 Å². The van der Waals surface area contributed by atoms with E-state index in [-0.39, 0.29) is 12.4 Å². The van der Waals surface area contributed by atoms with Crippen LogP contribution in [0.3, 0.4) is 0 Å². The topological polar surface area (TPSA) is 63.9 Å². The van der Waals surface area contributed by atoms with E-state index in [0.717, 1.165) is 37.9 Å². The van der Waals surface area contributed by atoms with Crippen LogP contribution in [0, 0.1) is 17.1 Å². The van der Waals surface area contributed by atoms with Crippen molar-refractivity contribution in [2.45, 2.75) is 6.54 Å². The van der Waals surface area contributed by atoms with Crippen molar-refractivity contribution in [2.75, 3.05) is 45.2 Å². The van der Waals surface area contributed by atoms with E-state index in [1.807, 2.05) is 18.2 Å². The molecule has 2 aromatic rings. The van der Waals surface area contributed by atoms with Gasteiger partial charge >= 0.3 is 0 Å². The third kappa shape index (κ3) is 4.52. The average molecular weight is 381 g/mol. The summed E-state index contributed by atoms with van der Waals surface area (Å²) in [6, 6.07) is 14.5. The normalized spacial score (nSPS) is 14.6. The smallest absolute Gasteiger partial charge is 0.194 e. The number of benzene rings is 2.